The van der Waals surface area contributed by atoms with Gasteiger partial charge in [0.15, 0.2) is 5.96 Å². The van der Waals surface area contributed by atoms with E-state index in [9.17, 15) is 0 Å². The molecule has 26 heavy (non-hydrogen) atoms. The Morgan fingerprint density at radius 3 is 2.27 bits per heavy atom. The molecule has 1 heterocycles. The van der Waals surface area contributed by atoms with Crippen molar-refractivity contribution in [3.63, 3.8) is 0 Å². The Bertz CT molecular complexity index is 718. The topological polar surface area (TPSA) is 64.1 Å². The van der Waals surface area contributed by atoms with E-state index in [1.807, 2.05) is 19.1 Å². The first-order valence-electron chi connectivity index (χ1n) is 8.46. The van der Waals surface area contributed by atoms with Gasteiger partial charge in [-0.3, -0.25) is 0 Å². The number of methoxy groups -OCH3 is 3. The quantitative estimate of drug-likeness (QED) is 0.546. The molecule has 2 aromatic rings. The molecule has 2 N–H and O–H groups in total. The highest BCUT2D eigenvalue weighted by Gasteiger charge is 2.13. The molecule has 0 spiro atoms. The number of thiophene rings is 1. The van der Waals surface area contributed by atoms with Crippen LogP contribution in [0.25, 0.3) is 0 Å². The minimum Gasteiger partial charge on any atom is -0.496 e. The normalized spacial score (nSPS) is 11.2. The molecular formula is C19H27N3O3S. The fourth-order valence-electron chi connectivity index (χ4n) is 2.48. The zero-order valence-electron chi connectivity index (χ0n) is 16.0. The van der Waals surface area contributed by atoms with Crippen LogP contribution >= 0.6 is 11.3 Å². The number of aliphatic imine (C=N–C) groups is 1. The van der Waals surface area contributed by atoms with Crippen molar-refractivity contribution >= 4 is 17.3 Å². The predicted molar refractivity (Wildman–Crippen MR) is 107 cm³/mol. The van der Waals surface area contributed by atoms with Crippen LogP contribution in [-0.4, -0.2) is 33.8 Å². The molecule has 0 saturated heterocycles. The van der Waals surface area contributed by atoms with E-state index in [-0.39, 0.29) is 0 Å². The molecule has 0 aliphatic carbocycles. The van der Waals surface area contributed by atoms with Gasteiger partial charge in [0.2, 0.25) is 0 Å². The lowest BCUT2D eigenvalue weighted by molar-refractivity contribution is 0.369. The van der Waals surface area contributed by atoms with Crippen molar-refractivity contribution in [3.05, 3.63) is 39.6 Å². The molecule has 1 aromatic heterocycles. The lowest BCUT2D eigenvalue weighted by Gasteiger charge is -2.15. The lowest BCUT2D eigenvalue weighted by atomic mass is 10.1. The number of aryl methyl sites for hydroxylation is 1. The van der Waals surface area contributed by atoms with E-state index >= 15 is 0 Å². The highest BCUT2D eigenvalue weighted by molar-refractivity contribution is 7.10. The third-order valence-corrected chi connectivity index (χ3v) is 4.96. The summed E-state index contributed by atoms with van der Waals surface area (Å²) >= 11 is 1.74. The van der Waals surface area contributed by atoms with Crippen LogP contribution in [0.4, 0.5) is 0 Å². The summed E-state index contributed by atoms with van der Waals surface area (Å²) in [5, 5.41) is 8.74. The molecule has 0 fully saturated rings. The van der Waals surface area contributed by atoms with Crippen LogP contribution in [0.15, 0.2) is 28.6 Å². The van der Waals surface area contributed by atoms with Crippen LogP contribution in [0.1, 0.15) is 22.9 Å². The monoisotopic (exact) mass is 377 g/mol. The van der Waals surface area contributed by atoms with Crippen LogP contribution in [0, 0.1) is 6.92 Å². The maximum Gasteiger partial charge on any atom is 0.191 e. The molecule has 1 aromatic carbocycles. The zero-order chi connectivity index (χ0) is 18.9. The number of hydrogen-bond donors (Lipinski definition) is 2. The van der Waals surface area contributed by atoms with Gasteiger partial charge in [-0.2, -0.15) is 0 Å². The average Bonchev–Trinajstić information content (AvgIpc) is 3.08. The van der Waals surface area contributed by atoms with Crippen LogP contribution in [-0.2, 0) is 13.1 Å². The summed E-state index contributed by atoms with van der Waals surface area (Å²) in [6.07, 6.45) is 0. The van der Waals surface area contributed by atoms with Crippen molar-refractivity contribution < 1.29 is 14.2 Å². The number of benzene rings is 1. The van der Waals surface area contributed by atoms with Gasteiger partial charge < -0.3 is 24.8 Å². The van der Waals surface area contributed by atoms with Gasteiger partial charge in [0.05, 0.1) is 40.0 Å². The van der Waals surface area contributed by atoms with E-state index in [0.717, 1.165) is 24.6 Å². The van der Waals surface area contributed by atoms with Gasteiger partial charge in [0, 0.05) is 23.6 Å². The highest BCUT2D eigenvalue weighted by Crippen LogP contribution is 2.34. The number of nitrogens with one attached hydrogen (secondary N) is 2. The van der Waals surface area contributed by atoms with E-state index in [2.05, 4.69) is 34.0 Å². The summed E-state index contributed by atoms with van der Waals surface area (Å²) in [7, 11) is 4.88. The largest absolute Gasteiger partial charge is 0.496 e. The molecule has 7 heteroatoms. The fourth-order valence-corrected chi connectivity index (χ4v) is 3.33. The fraction of sp³-hybridized carbons (Fsp3) is 0.421. The van der Waals surface area contributed by atoms with Gasteiger partial charge in [-0.15, -0.1) is 11.3 Å². The summed E-state index contributed by atoms with van der Waals surface area (Å²) < 4.78 is 16.3. The zero-order valence-corrected chi connectivity index (χ0v) is 16.8. The van der Waals surface area contributed by atoms with Crippen LogP contribution < -0.4 is 24.8 Å². The van der Waals surface area contributed by atoms with Crippen molar-refractivity contribution in [3.8, 4) is 17.2 Å². The van der Waals surface area contributed by atoms with E-state index in [1.165, 1.54) is 10.4 Å². The second kappa shape index (κ2) is 9.91. The standard InChI is InChI=1S/C19H27N3O3S/c1-6-20-19(22-12-18-13(2)7-8-26-18)21-11-15-16(24-4)9-14(23-3)10-17(15)25-5/h7-10H,6,11-12H2,1-5H3,(H2,20,21,22). The van der Waals surface area contributed by atoms with Gasteiger partial charge in [-0.05, 0) is 30.9 Å². The number of guanidine groups is 1. The van der Waals surface area contributed by atoms with Crippen LogP contribution in [0.2, 0.25) is 0 Å². The Labute approximate surface area is 159 Å². The molecule has 142 valence electrons. The summed E-state index contributed by atoms with van der Waals surface area (Å²) in [5.41, 5.74) is 2.16. The van der Waals surface area contributed by atoms with Crippen molar-refractivity contribution in [2.45, 2.75) is 26.9 Å². The molecule has 0 aliphatic rings. The first kappa shape index (κ1) is 19.9. The molecule has 6 nitrogen and oxygen atoms in total. The molecule has 0 unspecified atom stereocenters. The van der Waals surface area contributed by atoms with E-state index in [4.69, 9.17) is 14.2 Å². The SMILES string of the molecule is CCNC(=NCc1c(OC)cc(OC)cc1OC)NCc1sccc1C. The summed E-state index contributed by atoms with van der Waals surface area (Å²) in [6, 6.07) is 5.80. The summed E-state index contributed by atoms with van der Waals surface area (Å²) in [4.78, 5) is 5.98. The van der Waals surface area contributed by atoms with Crippen molar-refractivity contribution in [1.82, 2.24) is 10.6 Å². The highest BCUT2D eigenvalue weighted by atomic mass is 32.1. The summed E-state index contributed by atoms with van der Waals surface area (Å²) in [6.45, 7) is 6.11. The van der Waals surface area contributed by atoms with Crippen molar-refractivity contribution in [2.75, 3.05) is 27.9 Å². The lowest BCUT2D eigenvalue weighted by Crippen LogP contribution is -2.36. The molecule has 0 radical (unpaired) electrons. The van der Waals surface area contributed by atoms with E-state index in [0.29, 0.717) is 23.8 Å². The molecule has 0 amide bonds. The first-order valence-corrected chi connectivity index (χ1v) is 9.34. The van der Waals surface area contributed by atoms with Gasteiger partial charge in [0.25, 0.3) is 0 Å². The summed E-state index contributed by atoms with van der Waals surface area (Å²) in [5.74, 6) is 2.81. The molecule has 0 bridgehead atoms. The number of nitrogens with zero attached hydrogens (tertiary/aromatic N) is 1. The first-order chi connectivity index (χ1) is 12.6. The van der Waals surface area contributed by atoms with Crippen molar-refractivity contribution in [1.29, 1.82) is 0 Å². The second-order valence-corrected chi connectivity index (χ2v) is 6.59. The molecular weight excluding hydrogens is 350 g/mol. The van der Waals surface area contributed by atoms with Gasteiger partial charge in [-0.25, -0.2) is 4.99 Å². The molecule has 0 aliphatic heterocycles. The number of rotatable bonds is 8. The van der Waals surface area contributed by atoms with Crippen LogP contribution in [0.5, 0.6) is 17.2 Å². The third kappa shape index (κ3) is 5.05. The Balaban J connectivity index is 2.19. The number of ether oxygens (including phenoxy) is 3. The van der Waals surface area contributed by atoms with E-state index < -0.39 is 0 Å². The van der Waals surface area contributed by atoms with E-state index in [1.54, 1.807) is 32.7 Å². The van der Waals surface area contributed by atoms with Gasteiger partial charge in [-0.1, -0.05) is 0 Å². The Kier molecular flexibility index (Phi) is 7.59. The maximum absolute atomic E-state index is 5.49. The Morgan fingerprint density at radius 2 is 1.77 bits per heavy atom. The number of hydrogen-bond acceptors (Lipinski definition) is 5. The van der Waals surface area contributed by atoms with Crippen LogP contribution in [0.3, 0.4) is 0 Å². The van der Waals surface area contributed by atoms with Gasteiger partial charge in [0.1, 0.15) is 17.2 Å². The van der Waals surface area contributed by atoms with Crippen molar-refractivity contribution in [2.24, 2.45) is 4.99 Å². The predicted octanol–water partition coefficient (Wildman–Crippen LogP) is 3.34. The molecule has 2 rings (SSSR count). The molecule has 0 atom stereocenters. The average molecular weight is 378 g/mol. The second-order valence-electron chi connectivity index (χ2n) is 5.59. The van der Waals surface area contributed by atoms with Gasteiger partial charge >= 0.3 is 0 Å². The molecule has 0 saturated carbocycles. The third-order valence-electron chi connectivity index (χ3n) is 3.94. The Hall–Kier alpha value is -2.41. The minimum absolute atomic E-state index is 0.426. The smallest absolute Gasteiger partial charge is 0.191 e. The Morgan fingerprint density at radius 1 is 1.08 bits per heavy atom. The minimum atomic E-state index is 0.426. The maximum atomic E-state index is 5.49.